The first-order valence-corrected chi connectivity index (χ1v) is 18.8. The maximum atomic E-state index is 14.0. The Morgan fingerprint density at radius 2 is 1.11 bits per heavy atom. The van der Waals surface area contributed by atoms with Gasteiger partial charge in [-0.05, 0) is 44.9 Å². The third-order valence-corrected chi connectivity index (χ3v) is 8.83. The number of nitrogens with zero attached hydrogens (tertiary/aromatic N) is 3. The Morgan fingerprint density at radius 1 is 0.623 bits per heavy atom. The number of aliphatic carboxylic acids is 3. The van der Waals surface area contributed by atoms with Gasteiger partial charge in [0.2, 0.25) is 41.4 Å². The van der Waals surface area contributed by atoms with Gasteiger partial charge in [-0.25, -0.2) is 4.79 Å². The standard InChI is InChI=1S/C33H56N14O14/c34-15(7-8-23(50)51)25(54)44-19(13-24(52)53)28(57)45-18(12-22(35)49)27(56)42-16(4-1-9-40-32(36)37)26(55)43-17(5-2-10-41-33(38)39)30(59)47-11-3-6-21(47)29(58)46-20(14-48)31(60)61/h15-21,48H,1-14,34H2,(H2,35,49)(H,42,56)(H,43,55)(H,44,54)(H,45,57)(H,46,58)(H,50,51)(H,52,53)(H,60,61)(H4,36,37,40)(H4,38,39,41)/t15-,16-,17-,18-,19-,20-,21-/m0/s1. The van der Waals surface area contributed by atoms with Gasteiger partial charge in [0.25, 0.3) is 0 Å². The number of amides is 7. The monoisotopic (exact) mass is 872 g/mol. The number of carbonyl (C=O) groups is 10. The Labute approximate surface area is 348 Å². The summed E-state index contributed by atoms with van der Waals surface area (Å²) in [5.41, 5.74) is 32.6. The summed E-state index contributed by atoms with van der Waals surface area (Å²) in [6.07, 6.45) is -2.71. The van der Waals surface area contributed by atoms with Crippen LogP contribution in [0.1, 0.15) is 64.2 Å². The van der Waals surface area contributed by atoms with E-state index in [2.05, 4.69) is 36.6 Å². The van der Waals surface area contributed by atoms with E-state index in [0.29, 0.717) is 6.42 Å². The SMILES string of the molecule is NC(=O)C[C@H](NC(=O)[C@H](CC(=O)O)NC(=O)[C@@H](N)CCC(=O)O)C(=O)N[C@@H](CCCN=C(N)N)C(=O)N[C@@H](CCCN=C(N)N)C(=O)N1CCC[C@H]1C(=O)N[C@@H](CO)C(=O)O. The van der Waals surface area contributed by atoms with Gasteiger partial charge in [0.1, 0.15) is 36.3 Å². The number of carboxylic acid groups (broad SMARTS) is 3. The highest BCUT2D eigenvalue weighted by molar-refractivity contribution is 5.99. The van der Waals surface area contributed by atoms with Crippen molar-refractivity contribution < 1.29 is 68.4 Å². The van der Waals surface area contributed by atoms with Gasteiger partial charge in [0, 0.05) is 26.1 Å². The fourth-order valence-electron chi connectivity index (χ4n) is 5.79. The molecule has 0 aliphatic carbocycles. The van der Waals surface area contributed by atoms with Gasteiger partial charge in [-0.1, -0.05) is 0 Å². The summed E-state index contributed by atoms with van der Waals surface area (Å²) in [7, 11) is 0. The highest BCUT2D eigenvalue weighted by atomic mass is 16.4. The second kappa shape index (κ2) is 26.3. The van der Waals surface area contributed by atoms with E-state index in [1.807, 2.05) is 0 Å². The summed E-state index contributed by atoms with van der Waals surface area (Å²) in [4.78, 5) is 135. The van der Waals surface area contributed by atoms with E-state index in [1.54, 1.807) is 0 Å². The predicted molar refractivity (Wildman–Crippen MR) is 210 cm³/mol. The number of primary amides is 1. The van der Waals surface area contributed by atoms with Gasteiger partial charge in [-0.3, -0.25) is 53.1 Å². The highest BCUT2D eigenvalue weighted by Crippen LogP contribution is 2.20. The van der Waals surface area contributed by atoms with Crippen molar-refractivity contribution in [3.8, 4) is 0 Å². The summed E-state index contributed by atoms with van der Waals surface area (Å²) in [6.45, 7) is -0.993. The molecule has 28 heteroatoms. The second-order valence-electron chi connectivity index (χ2n) is 13.7. The summed E-state index contributed by atoms with van der Waals surface area (Å²) in [6, 6.07) is -11.1. The van der Waals surface area contributed by atoms with E-state index < -0.39 is 127 Å². The number of carbonyl (C=O) groups excluding carboxylic acids is 7. The number of nitrogens with one attached hydrogen (secondary N) is 5. The van der Waals surface area contributed by atoms with Crippen LogP contribution >= 0.6 is 0 Å². The second-order valence-corrected chi connectivity index (χ2v) is 13.7. The van der Waals surface area contributed by atoms with Crippen molar-refractivity contribution >= 4 is 71.2 Å². The quantitative estimate of drug-likeness (QED) is 0.0197. The molecule has 342 valence electrons. The maximum absolute atomic E-state index is 14.0. The minimum absolute atomic E-state index is 0.00649. The first-order valence-electron chi connectivity index (χ1n) is 18.8. The number of aliphatic hydroxyl groups excluding tert-OH is 1. The average Bonchev–Trinajstić information content (AvgIpc) is 3.67. The molecule has 0 saturated carbocycles. The molecule has 1 aliphatic heterocycles. The largest absolute Gasteiger partial charge is 0.481 e. The molecule has 1 fully saturated rings. The van der Waals surface area contributed by atoms with Crippen molar-refractivity contribution in [2.24, 2.45) is 44.4 Å². The summed E-state index contributed by atoms with van der Waals surface area (Å²) in [5, 5.41) is 48.2. The normalized spacial score (nSPS) is 16.2. The van der Waals surface area contributed by atoms with Gasteiger partial charge >= 0.3 is 17.9 Å². The molecule has 0 radical (unpaired) electrons. The number of rotatable bonds is 28. The molecule has 21 N–H and O–H groups in total. The summed E-state index contributed by atoms with van der Waals surface area (Å²) >= 11 is 0. The molecular formula is C33H56N14O14. The minimum Gasteiger partial charge on any atom is -0.481 e. The first kappa shape index (κ1) is 52.2. The summed E-state index contributed by atoms with van der Waals surface area (Å²) in [5.74, 6) is -12.4. The topological polar surface area (TPSA) is 496 Å². The maximum Gasteiger partial charge on any atom is 0.328 e. The molecule has 61 heavy (non-hydrogen) atoms. The molecule has 0 spiro atoms. The van der Waals surface area contributed by atoms with Crippen molar-refractivity contribution in [1.29, 1.82) is 0 Å². The zero-order valence-electron chi connectivity index (χ0n) is 33.1. The number of nitrogens with two attached hydrogens (primary N) is 6. The van der Waals surface area contributed by atoms with Gasteiger partial charge in [-0.2, -0.15) is 0 Å². The lowest BCUT2D eigenvalue weighted by atomic mass is 10.0. The summed E-state index contributed by atoms with van der Waals surface area (Å²) < 4.78 is 0. The lowest BCUT2D eigenvalue weighted by Gasteiger charge is -2.30. The molecule has 0 unspecified atom stereocenters. The van der Waals surface area contributed by atoms with Crippen LogP contribution in [0, 0.1) is 0 Å². The molecule has 1 heterocycles. The Hall–Kier alpha value is -6.84. The van der Waals surface area contributed by atoms with E-state index in [4.69, 9.17) is 39.5 Å². The van der Waals surface area contributed by atoms with Crippen LogP contribution in [0.4, 0.5) is 0 Å². The van der Waals surface area contributed by atoms with Gasteiger partial charge in [0.15, 0.2) is 11.9 Å². The third-order valence-electron chi connectivity index (χ3n) is 8.83. The number of hydrogen-bond donors (Lipinski definition) is 15. The van der Waals surface area contributed by atoms with Crippen LogP contribution in [-0.4, -0.2) is 165 Å². The Balaban J connectivity index is 3.47. The fraction of sp³-hybridized carbons (Fsp3) is 0.636. The fourth-order valence-corrected chi connectivity index (χ4v) is 5.79. The molecule has 7 atom stereocenters. The van der Waals surface area contributed by atoms with E-state index in [9.17, 15) is 63.3 Å². The first-order chi connectivity index (χ1) is 28.6. The molecule has 1 rings (SSSR count). The van der Waals surface area contributed by atoms with Gasteiger partial charge in [0.05, 0.1) is 25.5 Å². The van der Waals surface area contributed by atoms with E-state index in [-0.39, 0.29) is 70.1 Å². The highest BCUT2D eigenvalue weighted by Gasteiger charge is 2.40. The van der Waals surface area contributed by atoms with Crippen LogP contribution in [-0.2, 0) is 47.9 Å². The lowest BCUT2D eigenvalue weighted by molar-refractivity contribution is -0.145. The molecule has 1 saturated heterocycles. The predicted octanol–water partition coefficient (Wildman–Crippen LogP) is -7.87. The number of aliphatic imine (C=N–C) groups is 2. The Bertz CT molecular complexity index is 1670. The van der Waals surface area contributed by atoms with Gasteiger partial charge in [-0.15, -0.1) is 0 Å². The third kappa shape index (κ3) is 19.6. The Morgan fingerprint density at radius 3 is 1.61 bits per heavy atom. The lowest BCUT2D eigenvalue weighted by Crippen LogP contribution is -2.60. The molecule has 28 nitrogen and oxygen atoms in total. The molecule has 0 aromatic rings. The van der Waals surface area contributed by atoms with Crippen LogP contribution in [0.25, 0.3) is 0 Å². The van der Waals surface area contributed by atoms with Crippen LogP contribution < -0.4 is 61.0 Å². The molecule has 7 amide bonds. The molecule has 1 aliphatic rings. The molecule has 0 aromatic heterocycles. The van der Waals surface area contributed by atoms with E-state index >= 15 is 0 Å². The molecular weight excluding hydrogens is 816 g/mol. The van der Waals surface area contributed by atoms with Crippen molar-refractivity contribution in [1.82, 2.24) is 31.5 Å². The van der Waals surface area contributed by atoms with Crippen molar-refractivity contribution in [3.63, 3.8) is 0 Å². The number of aliphatic hydroxyl groups is 1. The number of guanidine groups is 2. The van der Waals surface area contributed by atoms with E-state index in [0.717, 1.165) is 4.90 Å². The van der Waals surface area contributed by atoms with Crippen LogP contribution in [0.15, 0.2) is 9.98 Å². The number of carboxylic acids is 3. The van der Waals surface area contributed by atoms with Crippen LogP contribution in [0.2, 0.25) is 0 Å². The zero-order valence-corrected chi connectivity index (χ0v) is 33.1. The molecule has 0 aromatic carbocycles. The van der Waals surface area contributed by atoms with Crippen molar-refractivity contribution in [2.75, 3.05) is 26.2 Å². The minimum atomic E-state index is -1.90. The average molecular weight is 873 g/mol. The van der Waals surface area contributed by atoms with Gasteiger partial charge < -0.3 is 86.3 Å². The Kier molecular flexibility index (Phi) is 22.5. The zero-order chi connectivity index (χ0) is 46.4. The van der Waals surface area contributed by atoms with Crippen LogP contribution in [0.3, 0.4) is 0 Å². The van der Waals surface area contributed by atoms with E-state index in [1.165, 1.54) is 0 Å². The smallest absolute Gasteiger partial charge is 0.328 e. The van der Waals surface area contributed by atoms with Crippen molar-refractivity contribution in [3.05, 3.63) is 0 Å². The van der Waals surface area contributed by atoms with Crippen molar-refractivity contribution in [2.45, 2.75) is 107 Å². The number of hydrogen-bond acceptors (Lipinski definition) is 14. The molecule has 0 bridgehead atoms. The number of likely N-dealkylation sites (tertiary alicyclic amines) is 1. The van der Waals surface area contributed by atoms with Crippen LogP contribution in [0.5, 0.6) is 0 Å².